The predicted molar refractivity (Wildman–Crippen MR) is 511 cm³/mol. The Bertz CT molecular complexity index is 7200. The van der Waals surface area contributed by atoms with Crippen LogP contribution in [0.3, 0.4) is 0 Å². The van der Waals surface area contributed by atoms with Gasteiger partial charge in [-0.3, -0.25) is 0 Å². The number of fused-ring (bicyclic) bond motifs is 6. The van der Waals surface area contributed by atoms with Crippen LogP contribution in [-0.2, 0) is 0 Å². The van der Waals surface area contributed by atoms with Crippen molar-refractivity contribution >= 4 is 117 Å². The summed E-state index contributed by atoms with van der Waals surface area (Å²) in [6, 6.07) is 173. The van der Waals surface area contributed by atoms with Crippen LogP contribution < -0.4 is 31.1 Å². The van der Waals surface area contributed by atoms with E-state index in [1.165, 1.54) is 65.0 Å². The molecule has 0 amide bonds. The molecule has 2 aliphatic heterocycles. The minimum Gasteiger partial charge on any atom is -0.310 e. The fourth-order valence-electron chi connectivity index (χ4n) is 19.5. The average Bonchev–Trinajstić information content (AvgIpc) is 0.684. The van der Waals surface area contributed by atoms with Crippen molar-refractivity contribution in [2.75, 3.05) is 14.7 Å². The van der Waals surface area contributed by atoms with E-state index in [0.717, 1.165) is 157 Å². The van der Waals surface area contributed by atoms with Crippen molar-refractivity contribution in [1.82, 2.24) is 0 Å². The molecule has 0 radical (unpaired) electrons. The maximum absolute atomic E-state index is 2.73. The Balaban J connectivity index is 0.899. The maximum atomic E-state index is 2.73. The van der Waals surface area contributed by atoms with Gasteiger partial charge in [-0.05, 0) is 221 Å². The van der Waals surface area contributed by atoms with Gasteiger partial charge >= 0.3 is 0 Å². The third-order valence-corrected chi connectivity index (χ3v) is 24.9. The molecule has 0 aliphatic carbocycles. The van der Waals surface area contributed by atoms with Crippen LogP contribution in [-0.4, -0.2) is 6.71 Å². The van der Waals surface area contributed by atoms with E-state index < -0.39 is 0 Å². The lowest BCUT2D eigenvalue weighted by Crippen LogP contribution is -2.61. The van der Waals surface area contributed by atoms with Crippen molar-refractivity contribution in [2.45, 2.75) is 0 Å². The third-order valence-electron chi connectivity index (χ3n) is 24.9. The van der Waals surface area contributed by atoms with Crippen LogP contribution in [0.4, 0.5) is 51.2 Å². The molecule has 21 aromatic rings. The predicted octanol–water partition coefficient (Wildman–Crippen LogP) is 30.0. The zero-order chi connectivity index (χ0) is 79.1. The number of nitrogens with zero attached hydrogens (tertiary/aromatic N) is 3. The minimum absolute atomic E-state index is 0.343. The molecule has 0 atom stereocenters. The molecule has 0 N–H and O–H groups in total. The van der Waals surface area contributed by atoms with E-state index in [2.05, 4.69) is 476 Å². The van der Waals surface area contributed by atoms with Crippen LogP contribution in [0.5, 0.6) is 0 Å². The molecular weight excluding hydrogens is 1450 g/mol. The molecule has 0 fully saturated rings. The Kier molecular flexibility index (Phi) is 17.0. The summed E-state index contributed by atoms with van der Waals surface area (Å²) in [5, 5.41) is 10.1. The van der Waals surface area contributed by atoms with Crippen LogP contribution in [0.25, 0.3) is 154 Å². The second-order valence-electron chi connectivity index (χ2n) is 31.7. The van der Waals surface area contributed by atoms with Gasteiger partial charge in [0.2, 0.25) is 0 Å². The first kappa shape index (κ1) is 69.8. The largest absolute Gasteiger partial charge is 0.310 e. The summed E-state index contributed by atoms with van der Waals surface area (Å²) >= 11 is 0. The second-order valence-corrected chi connectivity index (χ2v) is 31.7. The summed E-state index contributed by atoms with van der Waals surface area (Å²) in [4.78, 5) is 7.94. The lowest BCUT2D eigenvalue weighted by Gasteiger charge is -2.46. The van der Waals surface area contributed by atoms with Gasteiger partial charge in [0.05, 0.1) is 17.1 Å². The summed E-state index contributed by atoms with van der Waals surface area (Å²) < 4.78 is 0. The highest BCUT2D eigenvalue weighted by Gasteiger charge is 2.46. The standard InChI is InChI=1S/C116H76BN3/c1-10-31-77(32-11-1)82-55-61-93(62-56-82)118(94-63-57-83(58-64-94)78-33-12-2-13-34-78)95-75-110-114-111(76-95)120(116-104(86-45-24-8-25-46-86)71-92(81-39-18-5-19-40-81)72-105(116)87-47-26-9-27-48-87)109-74-90(96-65-66-101-99-52-29-50-88-49-28-51-98(112(88)99)100-54-30-53-97(96)113(100)101)59-67-106(109)117(114)107-73-89(79-35-14-3-15-36-79)60-68-108(107)119(110)115-102(84-41-20-6-21-42-84)69-91(80-37-16-4-17-38-80)70-103(115)85-43-22-7-23-44-85/h1-76H. The van der Waals surface area contributed by atoms with Gasteiger partial charge in [0.15, 0.2) is 0 Å². The highest BCUT2D eigenvalue weighted by molar-refractivity contribution is 7.00. The SMILES string of the molecule is c1ccc(-c2ccc(N(c3ccc(-c4ccccc4)cc3)c3cc4c5c(c3)N(c3c(-c6ccccc6)cc(-c6ccccc6)cc3-c3ccccc3)c3cc(-c6ccc7c8cccc9cccc(c%10cccc6c%107)c98)ccc3B5c3cc(-c5ccccc5)ccc3N4c3c(-c4ccccc4)cc(-c4ccccc4)cc3-c3ccccc3)cc2)cc1. The van der Waals surface area contributed by atoms with Crippen molar-refractivity contribution in [3.05, 3.63) is 461 Å². The van der Waals surface area contributed by atoms with E-state index in [1.807, 2.05) is 0 Å². The molecule has 2 aliphatic rings. The monoisotopic (exact) mass is 1520 g/mol. The van der Waals surface area contributed by atoms with Crippen LogP contribution in [0.15, 0.2) is 461 Å². The fraction of sp³-hybridized carbons (Fsp3) is 0. The quantitative estimate of drug-likeness (QED) is 0.0575. The zero-order valence-corrected chi connectivity index (χ0v) is 65.8. The van der Waals surface area contributed by atoms with Gasteiger partial charge in [-0.25, -0.2) is 0 Å². The van der Waals surface area contributed by atoms with E-state index in [9.17, 15) is 0 Å². The van der Waals surface area contributed by atoms with E-state index in [4.69, 9.17) is 0 Å². The van der Waals surface area contributed by atoms with Gasteiger partial charge in [-0.2, -0.15) is 0 Å². The van der Waals surface area contributed by atoms with Gasteiger partial charge in [-0.1, -0.05) is 388 Å². The average molecular weight is 1520 g/mol. The van der Waals surface area contributed by atoms with Gasteiger partial charge in [0.25, 0.3) is 6.71 Å². The Morgan fingerprint density at radius 3 is 0.933 bits per heavy atom. The molecule has 0 saturated carbocycles. The molecule has 0 bridgehead atoms. The molecular formula is C116H76BN3. The summed E-state index contributed by atoms with van der Waals surface area (Å²) in [7, 11) is 0. The molecule has 2 heterocycles. The van der Waals surface area contributed by atoms with Crippen molar-refractivity contribution in [2.24, 2.45) is 0 Å². The Labute approximate surface area is 699 Å². The summed E-state index contributed by atoms with van der Waals surface area (Å²) in [5.74, 6) is 0. The van der Waals surface area contributed by atoms with E-state index in [0.29, 0.717) is 0 Å². The first-order valence-electron chi connectivity index (χ1n) is 41.6. The molecule has 558 valence electrons. The van der Waals surface area contributed by atoms with E-state index in [-0.39, 0.29) is 6.71 Å². The number of benzene rings is 21. The fourth-order valence-corrected chi connectivity index (χ4v) is 19.5. The van der Waals surface area contributed by atoms with Crippen molar-refractivity contribution < 1.29 is 0 Å². The first-order chi connectivity index (χ1) is 59.5. The normalized spacial score (nSPS) is 12.1. The summed E-state index contributed by atoms with van der Waals surface area (Å²) in [5.41, 5.74) is 35.5. The number of hydrogen-bond donors (Lipinski definition) is 0. The minimum atomic E-state index is -0.343. The van der Waals surface area contributed by atoms with Crippen LogP contribution in [0.2, 0.25) is 0 Å². The lowest BCUT2D eigenvalue weighted by molar-refractivity contribution is 1.23. The highest BCUT2D eigenvalue weighted by Crippen LogP contribution is 2.57. The summed E-state index contributed by atoms with van der Waals surface area (Å²) in [6.07, 6.45) is 0. The van der Waals surface area contributed by atoms with Crippen LogP contribution in [0.1, 0.15) is 0 Å². The zero-order valence-electron chi connectivity index (χ0n) is 65.8. The first-order valence-corrected chi connectivity index (χ1v) is 41.6. The Hall–Kier alpha value is -15.6. The molecule has 0 saturated heterocycles. The second kappa shape index (κ2) is 29.3. The van der Waals surface area contributed by atoms with Crippen LogP contribution >= 0.6 is 0 Å². The molecule has 23 rings (SSSR count). The van der Waals surface area contributed by atoms with Gasteiger partial charge in [-0.15, -0.1) is 0 Å². The molecule has 0 aromatic heterocycles. The molecule has 3 nitrogen and oxygen atoms in total. The molecule has 0 unspecified atom stereocenters. The lowest BCUT2D eigenvalue weighted by atomic mass is 9.33. The Morgan fingerprint density at radius 2 is 0.508 bits per heavy atom. The van der Waals surface area contributed by atoms with Gasteiger partial charge < -0.3 is 14.7 Å². The maximum Gasteiger partial charge on any atom is 0.252 e. The molecule has 4 heteroatoms. The highest BCUT2D eigenvalue weighted by atomic mass is 15.2. The van der Waals surface area contributed by atoms with Crippen molar-refractivity contribution in [3.8, 4) is 111 Å². The summed E-state index contributed by atoms with van der Waals surface area (Å²) in [6.45, 7) is -0.343. The number of hydrogen-bond acceptors (Lipinski definition) is 3. The van der Waals surface area contributed by atoms with E-state index in [1.54, 1.807) is 0 Å². The molecule has 0 spiro atoms. The number of anilines is 9. The van der Waals surface area contributed by atoms with Crippen molar-refractivity contribution in [3.63, 3.8) is 0 Å². The topological polar surface area (TPSA) is 9.72 Å². The molecule has 120 heavy (non-hydrogen) atoms. The van der Waals surface area contributed by atoms with Gasteiger partial charge in [0.1, 0.15) is 0 Å². The smallest absolute Gasteiger partial charge is 0.252 e. The third kappa shape index (κ3) is 11.9. The molecule has 21 aromatic carbocycles. The van der Waals surface area contributed by atoms with Crippen molar-refractivity contribution in [1.29, 1.82) is 0 Å². The van der Waals surface area contributed by atoms with Crippen LogP contribution in [0, 0.1) is 0 Å². The van der Waals surface area contributed by atoms with Gasteiger partial charge in [0, 0.05) is 56.4 Å². The Morgan fingerprint density at radius 1 is 0.175 bits per heavy atom. The van der Waals surface area contributed by atoms with E-state index >= 15 is 0 Å². The number of rotatable bonds is 15.